The van der Waals surface area contributed by atoms with Crippen LogP contribution < -0.4 is 5.49 Å². The number of rotatable bonds is 0. The second kappa shape index (κ2) is 1.93. The molecule has 1 aromatic heterocycles. The predicted octanol–water partition coefficient (Wildman–Crippen LogP) is 0.210. The maximum absolute atomic E-state index is 8.89. The Balaban J connectivity index is 3.43. The van der Waals surface area contributed by atoms with Crippen LogP contribution in [0.15, 0.2) is 18.3 Å². The van der Waals surface area contributed by atoms with Gasteiger partial charge in [-0.2, -0.15) is 0 Å². The molecule has 0 aromatic carbocycles. The van der Waals surface area contributed by atoms with Gasteiger partial charge in [0.25, 0.3) is 0 Å². The molecule has 0 aliphatic carbocycles. The number of hydrogen-bond donors (Lipinski definition) is 2. The van der Waals surface area contributed by atoms with Crippen molar-refractivity contribution in [1.82, 2.24) is 4.57 Å². The second-order valence-corrected chi connectivity index (χ2v) is 1.85. The minimum Gasteiger partial charge on any atom is -0.504 e. The average molecular weight is 124 g/mol. The second-order valence-electron chi connectivity index (χ2n) is 1.85. The minimum absolute atomic E-state index is 0.0139. The summed E-state index contributed by atoms with van der Waals surface area (Å²) in [6.45, 7) is 0. The third-order valence-electron chi connectivity index (χ3n) is 1.16. The Bertz CT molecular complexity index is 241. The lowest BCUT2D eigenvalue weighted by Crippen LogP contribution is -2.14. The van der Waals surface area contributed by atoms with Crippen molar-refractivity contribution in [2.24, 2.45) is 7.05 Å². The molecule has 0 amide bonds. The van der Waals surface area contributed by atoms with E-state index < -0.39 is 0 Å². The first-order valence-corrected chi connectivity index (χ1v) is 2.61. The highest BCUT2D eigenvalue weighted by molar-refractivity contribution is 5.12. The fourth-order valence-corrected chi connectivity index (χ4v) is 0.597. The van der Waals surface area contributed by atoms with E-state index in [1.165, 1.54) is 10.6 Å². The highest BCUT2D eigenvalue weighted by Crippen LogP contribution is 1.94. The van der Waals surface area contributed by atoms with Gasteiger partial charge in [0.2, 0.25) is 0 Å². The minimum atomic E-state index is 0.0139. The van der Waals surface area contributed by atoms with E-state index in [1.54, 1.807) is 19.3 Å². The summed E-state index contributed by atoms with van der Waals surface area (Å²) in [7, 11) is 1.71. The first kappa shape index (κ1) is 5.88. The molecule has 1 rings (SSSR count). The fraction of sp³-hybridized carbons (Fsp3) is 0.167. The Labute approximate surface area is 52.7 Å². The number of aromatic hydroxyl groups is 1. The van der Waals surface area contributed by atoms with Gasteiger partial charge in [-0.1, -0.05) is 0 Å². The van der Waals surface area contributed by atoms with Crippen LogP contribution in [-0.4, -0.2) is 9.67 Å². The molecule has 0 bridgehead atoms. The van der Waals surface area contributed by atoms with Crippen molar-refractivity contribution >= 4 is 0 Å². The van der Waals surface area contributed by atoms with Gasteiger partial charge in [0.1, 0.15) is 0 Å². The van der Waals surface area contributed by atoms with Crippen molar-refractivity contribution in [2.45, 2.75) is 0 Å². The van der Waals surface area contributed by atoms with E-state index in [1.807, 2.05) is 0 Å². The van der Waals surface area contributed by atoms with Crippen LogP contribution in [0, 0.1) is 5.41 Å². The lowest BCUT2D eigenvalue weighted by molar-refractivity contribution is 0.456. The third-order valence-corrected chi connectivity index (χ3v) is 1.16. The number of nitrogens with zero attached hydrogens (tertiary/aromatic N) is 1. The SMILES string of the molecule is Cn1cccc(O)c1=N. The molecular formula is C6H8N2O. The summed E-state index contributed by atoms with van der Waals surface area (Å²) >= 11 is 0. The number of aromatic nitrogens is 1. The monoisotopic (exact) mass is 124 g/mol. The Morgan fingerprint density at radius 1 is 1.67 bits per heavy atom. The third kappa shape index (κ3) is 0.937. The van der Waals surface area contributed by atoms with Gasteiger partial charge in [0, 0.05) is 13.2 Å². The molecule has 1 heterocycles. The zero-order valence-electron chi connectivity index (χ0n) is 5.13. The molecule has 0 fully saturated rings. The summed E-state index contributed by atoms with van der Waals surface area (Å²) in [4.78, 5) is 0. The summed E-state index contributed by atoms with van der Waals surface area (Å²) in [6.07, 6.45) is 1.71. The summed E-state index contributed by atoms with van der Waals surface area (Å²) in [6, 6.07) is 3.18. The molecule has 3 heteroatoms. The van der Waals surface area contributed by atoms with Gasteiger partial charge < -0.3 is 9.67 Å². The standard InChI is InChI=1S/C6H8N2O/c1-8-4-2-3-5(9)6(8)7/h2-4,7,9H,1H3. The molecule has 9 heavy (non-hydrogen) atoms. The van der Waals surface area contributed by atoms with Gasteiger partial charge in [0.15, 0.2) is 11.2 Å². The van der Waals surface area contributed by atoms with E-state index in [-0.39, 0.29) is 11.2 Å². The van der Waals surface area contributed by atoms with Crippen LogP contribution in [-0.2, 0) is 7.05 Å². The number of hydrogen-bond acceptors (Lipinski definition) is 2. The fourth-order valence-electron chi connectivity index (χ4n) is 0.597. The molecule has 0 atom stereocenters. The van der Waals surface area contributed by atoms with Crippen LogP contribution in [0.3, 0.4) is 0 Å². The van der Waals surface area contributed by atoms with Crippen LogP contribution in [0.1, 0.15) is 0 Å². The van der Waals surface area contributed by atoms with E-state index in [0.29, 0.717) is 0 Å². The summed E-state index contributed by atoms with van der Waals surface area (Å²) < 4.78 is 1.54. The predicted molar refractivity (Wildman–Crippen MR) is 32.9 cm³/mol. The van der Waals surface area contributed by atoms with E-state index in [0.717, 1.165) is 0 Å². The molecule has 0 aliphatic heterocycles. The van der Waals surface area contributed by atoms with Gasteiger partial charge in [-0.25, -0.2) is 0 Å². The van der Waals surface area contributed by atoms with Crippen LogP contribution >= 0.6 is 0 Å². The van der Waals surface area contributed by atoms with Gasteiger partial charge in [-0.3, -0.25) is 5.41 Å². The van der Waals surface area contributed by atoms with E-state index in [2.05, 4.69) is 0 Å². The van der Waals surface area contributed by atoms with E-state index >= 15 is 0 Å². The van der Waals surface area contributed by atoms with Crippen molar-refractivity contribution < 1.29 is 5.11 Å². The highest BCUT2D eigenvalue weighted by atomic mass is 16.3. The zero-order valence-corrected chi connectivity index (χ0v) is 5.13. The Hall–Kier alpha value is -1.25. The number of pyridine rings is 1. The maximum Gasteiger partial charge on any atom is 0.167 e. The summed E-state index contributed by atoms with van der Waals surface area (Å²) in [5.41, 5.74) is 0.137. The number of aryl methyl sites for hydroxylation is 1. The molecule has 0 spiro atoms. The highest BCUT2D eigenvalue weighted by Gasteiger charge is 1.88. The van der Waals surface area contributed by atoms with Crippen LogP contribution in [0.25, 0.3) is 0 Å². The smallest absolute Gasteiger partial charge is 0.167 e. The molecule has 0 saturated carbocycles. The first-order chi connectivity index (χ1) is 4.22. The summed E-state index contributed by atoms with van der Waals surface area (Å²) in [5, 5.41) is 16.0. The quantitative estimate of drug-likeness (QED) is 0.510. The van der Waals surface area contributed by atoms with Crippen LogP contribution in [0.4, 0.5) is 0 Å². The van der Waals surface area contributed by atoms with Crippen LogP contribution in [0.2, 0.25) is 0 Å². The van der Waals surface area contributed by atoms with E-state index in [4.69, 9.17) is 10.5 Å². The topological polar surface area (TPSA) is 49.0 Å². The lowest BCUT2D eigenvalue weighted by atomic mass is 10.4. The molecule has 0 unspecified atom stereocenters. The Morgan fingerprint density at radius 2 is 2.33 bits per heavy atom. The Morgan fingerprint density at radius 3 is 2.78 bits per heavy atom. The average Bonchev–Trinajstić information content (AvgIpc) is 1.83. The molecule has 0 radical (unpaired) electrons. The van der Waals surface area contributed by atoms with Crippen molar-refractivity contribution in [2.75, 3.05) is 0 Å². The largest absolute Gasteiger partial charge is 0.504 e. The molecule has 3 nitrogen and oxygen atoms in total. The first-order valence-electron chi connectivity index (χ1n) is 2.61. The normalized spacial score (nSPS) is 9.44. The van der Waals surface area contributed by atoms with Crippen molar-refractivity contribution in [3.63, 3.8) is 0 Å². The van der Waals surface area contributed by atoms with Gasteiger partial charge >= 0.3 is 0 Å². The van der Waals surface area contributed by atoms with Crippen LogP contribution in [0.5, 0.6) is 5.75 Å². The zero-order chi connectivity index (χ0) is 6.85. The molecule has 0 saturated heterocycles. The maximum atomic E-state index is 8.89. The molecule has 0 aliphatic rings. The van der Waals surface area contributed by atoms with E-state index in [9.17, 15) is 0 Å². The van der Waals surface area contributed by atoms with Crippen molar-refractivity contribution in [3.05, 3.63) is 23.8 Å². The Kier molecular flexibility index (Phi) is 1.26. The van der Waals surface area contributed by atoms with Gasteiger partial charge in [-0.15, -0.1) is 0 Å². The molecular weight excluding hydrogens is 116 g/mol. The van der Waals surface area contributed by atoms with Crippen molar-refractivity contribution in [3.8, 4) is 5.75 Å². The lowest BCUT2D eigenvalue weighted by Gasteiger charge is -1.96. The van der Waals surface area contributed by atoms with Gasteiger partial charge in [-0.05, 0) is 12.1 Å². The summed E-state index contributed by atoms with van der Waals surface area (Å²) in [5.74, 6) is 0.0139. The van der Waals surface area contributed by atoms with Crippen molar-refractivity contribution in [1.29, 1.82) is 5.41 Å². The number of nitrogens with one attached hydrogen (secondary N) is 1. The molecule has 1 aromatic rings. The molecule has 48 valence electrons. The van der Waals surface area contributed by atoms with Gasteiger partial charge in [0.05, 0.1) is 0 Å². The molecule has 2 N–H and O–H groups in total.